The van der Waals surface area contributed by atoms with Crippen LogP contribution in [0.1, 0.15) is 50.0 Å². The molecule has 2 N–H and O–H groups in total. The molecule has 0 fully saturated rings. The molecule has 1 aliphatic carbocycles. The molecule has 148 valence electrons. The summed E-state index contributed by atoms with van der Waals surface area (Å²) in [5.74, 6) is -0.516. The van der Waals surface area contributed by atoms with E-state index in [2.05, 4.69) is 21.7 Å². The monoisotopic (exact) mass is 405 g/mol. The van der Waals surface area contributed by atoms with Crippen molar-refractivity contribution in [3.63, 3.8) is 0 Å². The van der Waals surface area contributed by atoms with E-state index in [0.717, 1.165) is 45.8 Å². The minimum atomic E-state index is -0.285. The van der Waals surface area contributed by atoms with Gasteiger partial charge >= 0.3 is 0 Å². The highest BCUT2D eigenvalue weighted by Crippen LogP contribution is 2.39. The van der Waals surface area contributed by atoms with Crippen LogP contribution >= 0.6 is 11.3 Å². The maximum atomic E-state index is 12.9. The summed E-state index contributed by atoms with van der Waals surface area (Å²) in [6.07, 6.45) is 1.55. The molecule has 4 rings (SSSR count). The van der Waals surface area contributed by atoms with E-state index in [0.29, 0.717) is 10.7 Å². The zero-order chi connectivity index (χ0) is 20.5. The number of fused-ring (bicyclic) bond motifs is 1. The number of benzene rings is 2. The highest BCUT2D eigenvalue weighted by Gasteiger charge is 2.33. The Balaban J connectivity index is 1.47. The van der Waals surface area contributed by atoms with E-state index in [-0.39, 0.29) is 17.7 Å². The van der Waals surface area contributed by atoms with Crippen molar-refractivity contribution >= 4 is 34.0 Å². The molecule has 5 nitrogen and oxygen atoms in total. The molecule has 1 atom stereocenters. The molecule has 0 saturated carbocycles. The summed E-state index contributed by atoms with van der Waals surface area (Å²) in [7, 11) is 0. The average molecular weight is 406 g/mol. The number of amides is 2. The third kappa shape index (κ3) is 4.07. The first-order chi connectivity index (χ1) is 13.9. The topological polar surface area (TPSA) is 71.1 Å². The van der Waals surface area contributed by atoms with Gasteiger partial charge in [0, 0.05) is 16.1 Å². The van der Waals surface area contributed by atoms with E-state index in [1.165, 1.54) is 11.3 Å². The van der Waals surface area contributed by atoms with Gasteiger partial charge in [0.15, 0.2) is 5.13 Å². The number of thiazole rings is 1. The van der Waals surface area contributed by atoms with E-state index in [4.69, 9.17) is 0 Å². The summed E-state index contributed by atoms with van der Waals surface area (Å²) in [4.78, 5) is 31.0. The lowest BCUT2D eigenvalue weighted by Gasteiger charge is -2.13. The van der Waals surface area contributed by atoms with Crippen LogP contribution < -0.4 is 10.6 Å². The second-order valence-corrected chi connectivity index (χ2v) is 8.63. The van der Waals surface area contributed by atoms with Crippen molar-refractivity contribution in [3.05, 3.63) is 75.3 Å². The lowest BCUT2D eigenvalue weighted by atomic mass is 10.1. The van der Waals surface area contributed by atoms with Crippen molar-refractivity contribution in [2.75, 3.05) is 10.6 Å². The van der Waals surface area contributed by atoms with Gasteiger partial charge in [-0.3, -0.25) is 14.9 Å². The number of anilines is 2. The number of nitrogens with one attached hydrogen (secondary N) is 2. The van der Waals surface area contributed by atoms with E-state index >= 15 is 0 Å². The SMILES string of the molecule is Cc1ccc(C(=O)Nc2nc3c(s2)CCC3C(=O)Nc2ccc(C)cc2C)cc1. The lowest BCUT2D eigenvalue weighted by Crippen LogP contribution is -2.20. The van der Waals surface area contributed by atoms with Gasteiger partial charge in [-0.1, -0.05) is 35.4 Å². The second kappa shape index (κ2) is 7.79. The largest absolute Gasteiger partial charge is 0.325 e. The molecule has 2 amide bonds. The summed E-state index contributed by atoms with van der Waals surface area (Å²) in [6, 6.07) is 13.4. The van der Waals surface area contributed by atoms with Crippen molar-refractivity contribution in [1.29, 1.82) is 0 Å². The number of hydrogen-bond donors (Lipinski definition) is 2. The Morgan fingerprint density at radius 1 is 1.00 bits per heavy atom. The number of carbonyl (C=O) groups excluding carboxylic acids is 2. The highest BCUT2D eigenvalue weighted by atomic mass is 32.1. The molecule has 0 spiro atoms. The van der Waals surface area contributed by atoms with Gasteiger partial charge in [-0.15, -0.1) is 11.3 Å². The predicted octanol–water partition coefficient (Wildman–Crippen LogP) is 4.99. The van der Waals surface area contributed by atoms with Gasteiger partial charge in [0.1, 0.15) is 0 Å². The summed E-state index contributed by atoms with van der Waals surface area (Å²) < 4.78 is 0. The van der Waals surface area contributed by atoms with Crippen molar-refractivity contribution in [3.8, 4) is 0 Å². The Bertz CT molecular complexity index is 1090. The molecule has 0 radical (unpaired) electrons. The molecule has 0 saturated heterocycles. The molecule has 2 aromatic carbocycles. The van der Waals surface area contributed by atoms with E-state index in [1.54, 1.807) is 12.1 Å². The minimum absolute atomic E-state index is 0.0441. The van der Waals surface area contributed by atoms with Crippen molar-refractivity contribution in [1.82, 2.24) is 4.98 Å². The van der Waals surface area contributed by atoms with Gasteiger partial charge < -0.3 is 5.32 Å². The molecule has 3 aromatic rings. The van der Waals surface area contributed by atoms with Crippen molar-refractivity contribution in [2.45, 2.75) is 39.5 Å². The average Bonchev–Trinajstić information content (AvgIpc) is 3.24. The Hall–Kier alpha value is -2.99. The first kappa shape index (κ1) is 19.3. The zero-order valence-electron chi connectivity index (χ0n) is 16.7. The minimum Gasteiger partial charge on any atom is -0.325 e. The fraction of sp³-hybridized carbons (Fsp3) is 0.261. The number of aryl methyl sites for hydroxylation is 4. The first-order valence-corrected chi connectivity index (χ1v) is 10.5. The Kier molecular flexibility index (Phi) is 5.20. The van der Waals surface area contributed by atoms with Crippen LogP contribution in [0, 0.1) is 20.8 Å². The normalized spacial score (nSPS) is 15.1. The van der Waals surface area contributed by atoms with Crippen molar-refractivity contribution < 1.29 is 9.59 Å². The molecule has 0 aliphatic heterocycles. The summed E-state index contributed by atoms with van der Waals surface area (Å²) in [5.41, 5.74) is 5.52. The summed E-state index contributed by atoms with van der Waals surface area (Å²) in [5, 5.41) is 6.45. The molecule has 0 bridgehead atoms. The maximum Gasteiger partial charge on any atom is 0.257 e. The third-order valence-corrected chi connectivity index (χ3v) is 6.25. The van der Waals surface area contributed by atoms with Crippen LogP contribution in [0.2, 0.25) is 0 Å². The van der Waals surface area contributed by atoms with Crippen LogP contribution in [0.25, 0.3) is 0 Å². The van der Waals surface area contributed by atoms with E-state index in [1.807, 2.05) is 45.0 Å². The number of carbonyl (C=O) groups is 2. The van der Waals surface area contributed by atoms with Gasteiger partial charge in [0.25, 0.3) is 5.91 Å². The molecular formula is C23H23N3O2S. The number of hydrogen-bond acceptors (Lipinski definition) is 4. The molecule has 1 heterocycles. The molecule has 29 heavy (non-hydrogen) atoms. The maximum absolute atomic E-state index is 12.9. The van der Waals surface area contributed by atoms with Crippen LogP contribution in [0.5, 0.6) is 0 Å². The Labute approximate surface area is 174 Å². The van der Waals surface area contributed by atoms with Crippen LogP contribution in [-0.4, -0.2) is 16.8 Å². The van der Waals surface area contributed by atoms with Crippen LogP contribution in [-0.2, 0) is 11.2 Å². The van der Waals surface area contributed by atoms with Gasteiger partial charge in [-0.05, 0) is 57.4 Å². The fourth-order valence-corrected chi connectivity index (χ4v) is 4.62. The molecule has 1 aliphatic rings. The van der Waals surface area contributed by atoms with E-state index in [9.17, 15) is 9.59 Å². The molecule has 1 unspecified atom stereocenters. The van der Waals surface area contributed by atoms with Gasteiger partial charge in [0.2, 0.25) is 5.91 Å². The number of nitrogens with zero attached hydrogens (tertiary/aromatic N) is 1. The van der Waals surface area contributed by atoms with Crippen LogP contribution in [0.4, 0.5) is 10.8 Å². The predicted molar refractivity (Wildman–Crippen MR) is 117 cm³/mol. The summed E-state index contributed by atoms with van der Waals surface area (Å²) in [6.45, 7) is 6.00. The Morgan fingerprint density at radius 3 is 2.45 bits per heavy atom. The lowest BCUT2D eigenvalue weighted by molar-refractivity contribution is -0.117. The van der Waals surface area contributed by atoms with Gasteiger partial charge in [-0.25, -0.2) is 4.98 Å². The fourth-order valence-electron chi connectivity index (χ4n) is 3.58. The number of rotatable bonds is 4. The Morgan fingerprint density at radius 2 is 1.72 bits per heavy atom. The van der Waals surface area contributed by atoms with Crippen LogP contribution in [0.15, 0.2) is 42.5 Å². The first-order valence-electron chi connectivity index (χ1n) is 9.66. The molecular weight excluding hydrogens is 382 g/mol. The quantitative estimate of drug-likeness (QED) is 0.642. The third-order valence-electron chi connectivity index (χ3n) is 5.21. The summed E-state index contributed by atoms with van der Waals surface area (Å²) >= 11 is 1.46. The molecule has 6 heteroatoms. The second-order valence-electron chi connectivity index (χ2n) is 7.55. The standard InChI is InChI=1S/C23H23N3O2S/c1-13-4-7-16(8-5-13)21(27)26-23-25-20-17(9-11-19(20)29-23)22(28)24-18-10-6-14(2)12-15(18)3/h4-8,10,12,17H,9,11H2,1-3H3,(H,24,28)(H,25,26,27). The van der Waals surface area contributed by atoms with Crippen LogP contribution in [0.3, 0.4) is 0 Å². The van der Waals surface area contributed by atoms with E-state index < -0.39 is 0 Å². The van der Waals surface area contributed by atoms with Gasteiger partial charge in [-0.2, -0.15) is 0 Å². The number of aromatic nitrogens is 1. The zero-order valence-corrected chi connectivity index (χ0v) is 17.5. The molecule has 1 aromatic heterocycles. The highest BCUT2D eigenvalue weighted by molar-refractivity contribution is 7.16. The van der Waals surface area contributed by atoms with Gasteiger partial charge in [0.05, 0.1) is 11.6 Å². The smallest absolute Gasteiger partial charge is 0.257 e. The van der Waals surface area contributed by atoms with Crippen molar-refractivity contribution in [2.24, 2.45) is 0 Å².